The number of likely N-dealkylation sites (tertiary alicyclic amines) is 1. The molecule has 1 fully saturated rings. The maximum Gasteiger partial charge on any atom is 0.152 e. The van der Waals surface area contributed by atoms with Crippen molar-refractivity contribution in [1.29, 1.82) is 0 Å². The first-order valence-corrected chi connectivity index (χ1v) is 9.32. The number of piperidine rings is 1. The lowest BCUT2D eigenvalue weighted by Crippen LogP contribution is -2.47. The number of aromatic nitrogens is 2. The Morgan fingerprint density at radius 2 is 2.00 bits per heavy atom. The molecular formula is C21H23N3O2. The molecule has 134 valence electrons. The Morgan fingerprint density at radius 1 is 1.15 bits per heavy atom. The summed E-state index contributed by atoms with van der Waals surface area (Å²) in [5, 5.41) is 17.7. The quantitative estimate of drug-likeness (QED) is 0.762. The number of aliphatic hydroxyl groups is 1. The Hall–Kier alpha value is -2.37. The topological polar surface area (TPSA) is 65.3 Å². The third-order valence-corrected chi connectivity index (χ3v) is 6.16. The first-order chi connectivity index (χ1) is 12.7. The molecule has 1 spiro atoms. The standard InChI is InChI=1S/C21H23N3O2/c25-20-13-15-3-1-2-4-17(15)21(20)8-11-24(12-9-21)14-16-5-6-19(26-16)18-7-10-22-23-18/h1-7,10,20,25H,8-9,11-14H2,(H,22,23)/t20-/m1/s1. The zero-order valence-corrected chi connectivity index (χ0v) is 14.7. The summed E-state index contributed by atoms with van der Waals surface area (Å²) < 4.78 is 5.96. The Kier molecular flexibility index (Phi) is 3.72. The molecule has 0 amide bonds. The number of hydrogen-bond donors (Lipinski definition) is 2. The fourth-order valence-corrected chi connectivity index (χ4v) is 4.70. The highest BCUT2D eigenvalue weighted by atomic mass is 16.3. The van der Waals surface area contributed by atoms with Crippen molar-refractivity contribution in [2.75, 3.05) is 13.1 Å². The predicted molar refractivity (Wildman–Crippen MR) is 98.6 cm³/mol. The van der Waals surface area contributed by atoms with Gasteiger partial charge in [0.05, 0.1) is 12.6 Å². The van der Waals surface area contributed by atoms with Gasteiger partial charge in [0.2, 0.25) is 0 Å². The molecule has 1 atom stereocenters. The van der Waals surface area contributed by atoms with E-state index >= 15 is 0 Å². The molecule has 5 nitrogen and oxygen atoms in total. The summed E-state index contributed by atoms with van der Waals surface area (Å²) in [5.74, 6) is 1.80. The Balaban J connectivity index is 1.28. The monoisotopic (exact) mass is 349 g/mol. The first kappa shape index (κ1) is 15.9. The van der Waals surface area contributed by atoms with E-state index in [1.54, 1.807) is 6.20 Å². The number of nitrogens with one attached hydrogen (secondary N) is 1. The van der Waals surface area contributed by atoms with Gasteiger partial charge >= 0.3 is 0 Å². The largest absolute Gasteiger partial charge is 0.458 e. The number of nitrogens with zero attached hydrogens (tertiary/aromatic N) is 2. The van der Waals surface area contributed by atoms with Crippen molar-refractivity contribution in [1.82, 2.24) is 15.1 Å². The highest BCUT2D eigenvalue weighted by Crippen LogP contribution is 2.46. The van der Waals surface area contributed by atoms with Crippen LogP contribution in [0.4, 0.5) is 0 Å². The lowest BCUT2D eigenvalue weighted by molar-refractivity contribution is 0.0397. The molecule has 3 heterocycles. The van der Waals surface area contributed by atoms with Gasteiger partial charge in [0.15, 0.2) is 5.76 Å². The third kappa shape index (κ3) is 2.50. The molecule has 0 saturated carbocycles. The second-order valence-electron chi connectivity index (χ2n) is 7.55. The number of H-pyrrole nitrogens is 1. The maximum atomic E-state index is 10.8. The van der Waals surface area contributed by atoms with E-state index in [2.05, 4.69) is 39.4 Å². The Bertz CT molecular complexity index is 892. The minimum absolute atomic E-state index is 0.0582. The SMILES string of the molecule is O[C@@H]1Cc2ccccc2C12CCN(Cc1ccc(-c3ccn[nH]3)o1)CC2. The van der Waals surface area contributed by atoms with E-state index in [0.29, 0.717) is 0 Å². The predicted octanol–water partition coefficient (Wildman–Crippen LogP) is 3.12. The summed E-state index contributed by atoms with van der Waals surface area (Å²) in [5.41, 5.74) is 3.53. The summed E-state index contributed by atoms with van der Waals surface area (Å²) in [6, 6.07) is 14.5. The van der Waals surface area contributed by atoms with E-state index in [9.17, 15) is 5.11 Å². The molecule has 1 aromatic carbocycles. The average molecular weight is 349 g/mol. The number of rotatable bonds is 3. The number of hydrogen-bond acceptors (Lipinski definition) is 4. The minimum atomic E-state index is -0.252. The molecule has 0 radical (unpaired) electrons. The van der Waals surface area contributed by atoms with Gasteiger partial charge < -0.3 is 9.52 Å². The molecule has 2 N–H and O–H groups in total. The van der Waals surface area contributed by atoms with E-state index in [1.165, 1.54) is 11.1 Å². The van der Waals surface area contributed by atoms with E-state index in [1.807, 2.05) is 18.2 Å². The summed E-state index contributed by atoms with van der Waals surface area (Å²) in [4.78, 5) is 2.43. The summed E-state index contributed by atoms with van der Waals surface area (Å²) in [6.07, 6.45) is 4.27. The van der Waals surface area contributed by atoms with Crippen LogP contribution < -0.4 is 0 Å². The van der Waals surface area contributed by atoms with Crippen LogP contribution in [0.2, 0.25) is 0 Å². The molecule has 5 heteroatoms. The van der Waals surface area contributed by atoms with Gasteiger partial charge in [-0.25, -0.2) is 0 Å². The zero-order valence-electron chi connectivity index (χ0n) is 14.7. The van der Waals surface area contributed by atoms with Gasteiger partial charge in [-0.15, -0.1) is 0 Å². The van der Waals surface area contributed by atoms with Crippen molar-refractivity contribution in [3.63, 3.8) is 0 Å². The molecule has 2 aliphatic rings. The van der Waals surface area contributed by atoms with Gasteiger partial charge in [0.25, 0.3) is 0 Å². The van der Waals surface area contributed by atoms with Crippen LogP contribution in [0.5, 0.6) is 0 Å². The average Bonchev–Trinajstić information content (AvgIpc) is 3.38. The van der Waals surface area contributed by atoms with E-state index < -0.39 is 0 Å². The number of fused-ring (bicyclic) bond motifs is 2. The van der Waals surface area contributed by atoms with Gasteiger partial charge in [-0.3, -0.25) is 10.00 Å². The first-order valence-electron chi connectivity index (χ1n) is 9.32. The molecule has 5 rings (SSSR count). The summed E-state index contributed by atoms with van der Waals surface area (Å²) in [6.45, 7) is 2.76. The molecule has 3 aromatic rings. The fourth-order valence-electron chi connectivity index (χ4n) is 4.70. The second kappa shape index (κ2) is 6.11. The van der Waals surface area contributed by atoms with Crippen LogP contribution in [-0.2, 0) is 18.4 Å². The molecule has 26 heavy (non-hydrogen) atoms. The van der Waals surface area contributed by atoms with Crippen molar-refractivity contribution < 1.29 is 9.52 Å². The molecule has 1 aliphatic carbocycles. The molecule has 1 saturated heterocycles. The number of aliphatic hydroxyl groups excluding tert-OH is 1. The lowest BCUT2D eigenvalue weighted by atomic mass is 9.72. The third-order valence-electron chi connectivity index (χ3n) is 6.16. The number of furan rings is 1. The van der Waals surface area contributed by atoms with Crippen LogP contribution in [0.1, 0.15) is 29.7 Å². The van der Waals surface area contributed by atoms with Crippen LogP contribution >= 0.6 is 0 Å². The van der Waals surface area contributed by atoms with Crippen molar-refractivity contribution in [3.8, 4) is 11.5 Å². The zero-order chi connectivity index (χ0) is 17.6. The van der Waals surface area contributed by atoms with E-state index in [4.69, 9.17) is 4.42 Å². The van der Waals surface area contributed by atoms with Crippen LogP contribution in [0, 0.1) is 0 Å². The maximum absolute atomic E-state index is 10.8. The van der Waals surface area contributed by atoms with E-state index in [0.717, 1.165) is 56.1 Å². The van der Waals surface area contributed by atoms with Gasteiger partial charge in [-0.1, -0.05) is 24.3 Å². The molecule has 0 bridgehead atoms. The molecule has 2 aromatic heterocycles. The van der Waals surface area contributed by atoms with Crippen molar-refractivity contribution in [2.24, 2.45) is 0 Å². The van der Waals surface area contributed by atoms with Crippen molar-refractivity contribution >= 4 is 0 Å². The number of aromatic amines is 1. The smallest absolute Gasteiger partial charge is 0.152 e. The highest BCUT2D eigenvalue weighted by molar-refractivity contribution is 5.51. The van der Waals surface area contributed by atoms with Crippen LogP contribution in [0.3, 0.4) is 0 Å². The molecule has 1 aliphatic heterocycles. The molecular weight excluding hydrogens is 326 g/mol. The van der Waals surface area contributed by atoms with Crippen LogP contribution in [0.25, 0.3) is 11.5 Å². The van der Waals surface area contributed by atoms with Gasteiger partial charge in [-0.05, 0) is 61.7 Å². The van der Waals surface area contributed by atoms with Crippen LogP contribution in [-0.4, -0.2) is 39.4 Å². The lowest BCUT2D eigenvalue weighted by Gasteiger charge is -2.42. The Morgan fingerprint density at radius 3 is 2.81 bits per heavy atom. The van der Waals surface area contributed by atoms with Gasteiger partial charge in [0.1, 0.15) is 11.5 Å². The van der Waals surface area contributed by atoms with Crippen LogP contribution in [0.15, 0.2) is 53.1 Å². The summed E-state index contributed by atoms with van der Waals surface area (Å²) >= 11 is 0. The van der Waals surface area contributed by atoms with Gasteiger partial charge in [-0.2, -0.15) is 5.10 Å². The highest BCUT2D eigenvalue weighted by Gasteiger charge is 2.47. The van der Waals surface area contributed by atoms with Crippen molar-refractivity contribution in [2.45, 2.75) is 37.3 Å². The minimum Gasteiger partial charge on any atom is -0.458 e. The second-order valence-corrected chi connectivity index (χ2v) is 7.55. The normalized spacial score (nSPS) is 22.0. The number of benzene rings is 1. The fraction of sp³-hybridized carbons (Fsp3) is 0.381. The summed E-state index contributed by atoms with van der Waals surface area (Å²) in [7, 11) is 0. The van der Waals surface area contributed by atoms with E-state index in [-0.39, 0.29) is 11.5 Å². The van der Waals surface area contributed by atoms with Gasteiger partial charge in [0, 0.05) is 11.6 Å². The Labute approximate surface area is 152 Å². The van der Waals surface area contributed by atoms with Crippen molar-refractivity contribution in [3.05, 3.63) is 65.5 Å². The molecule has 0 unspecified atom stereocenters.